The summed E-state index contributed by atoms with van der Waals surface area (Å²) in [7, 11) is 0. The molecule has 24 heavy (non-hydrogen) atoms. The normalized spacial score (nSPS) is 16.3. The van der Waals surface area contributed by atoms with E-state index < -0.39 is 6.10 Å². The van der Waals surface area contributed by atoms with Crippen LogP contribution >= 0.6 is 0 Å². The summed E-state index contributed by atoms with van der Waals surface area (Å²) in [5.74, 6) is 0.432. The molecule has 1 aromatic carbocycles. The molecule has 9 nitrogen and oxygen atoms in total. The molecule has 3 rings (SSSR count). The van der Waals surface area contributed by atoms with Crippen molar-refractivity contribution >= 4 is 23.2 Å². The van der Waals surface area contributed by atoms with Crippen molar-refractivity contribution < 1.29 is 14.3 Å². The van der Waals surface area contributed by atoms with Crippen LogP contribution in [-0.4, -0.2) is 38.1 Å². The largest absolute Gasteiger partial charge is 0.479 e. The number of fused-ring (bicyclic) bond motifs is 1. The minimum atomic E-state index is -0.535. The Morgan fingerprint density at radius 1 is 1.46 bits per heavy atom. The molecule has 1 aliphatic heterocycles. The number of hydrogen-bond acceptors (Lipinski definition) is 6. The molecule has 1 unspecified atom stereocenters. The van der Waals surface area contributed by atoms with E-state index in [1.165, 1.54) is 4.80 Å². The van der Waals surface area contributed by atoms with Crippen LogP contribution in [0, 0.1) is 0 Å². The quantitative estimate of drug-likeness (QED) is 0.870. The summed E-state index contributed by atoms with van der Waals surface area (Å²) < 4.78 is 5.47. The first kappa shape index (κ1) is 15.9. The van der Waals surface area contributed by atoms with Crippen LogP contribution in [0.2, 0.25) is 0 Å². The van der Waals surface area contributed by atoms with E-state index in [0.717, 1.165) is 0 Å². The summed E-state index contributed by atoms with van der Waals surface area (Å²) in [4.78, 5) is 25.2. The first-order chi connectivity index (χ1) is 11.4. The Labute approximate surface area is 138 Å². The van der Waals surface area contributed by atoms with Crippen molar-refractivity contribution in [2.24, 2.45) is 0 Å². The van der Waals surface area contributed by atoms with Crippen LogP contribution in [0.1, 0.15) is 32.6 Å². The second-order valence-electron chi connectivity index (χ2n) is 5.81. The van der Waals surface area contributed by atoms with Crippen molar-refractivity contribution in [3.05, 3.63) is 24.0 Å². The number of anilines is 2. The fraction of sp³-hybridized carbons (Fsp3) is 0.400. The zero-order valence-electron chi connectivity index (χ0n) is 13.6. The van der Waals surface area contributed by atoms with Crippen LogP contribution in [0.5, 0.6) is 5.75 Å². The maximum atomic E-state index is 12.1. The SMILES string of the molecule is CC1Oc2ccc(NC(=O)Cc3nnn(C(C)C)n3)cc2NC1=O. The maximum Gasteiger partial charge on any atom is 0.265 e. The third-order valence-electron chi connectivity index (χ3n) is 3.44. The minimum Gasteiger partial charge on any atom is -0.479 e. The van der Waals surface area contributed by atoms with E-state index in [-0.39, 0.29) is 24.3 Å². The van der Waals surface area contributed by atoms with Gasteiger partial charge in [-0.2, -0.15) is 4.80 Å². The predicted octanol–water partition coefficient (Wildman–Crippen LogP) is 1.15. The van der Waals surface area contributed by atoms with Crippen molar-refractivity contribution in [3.63, 3.8) is 0 Å². The molecule has 1 aliphatic rings. The predicted molar refractivity (Wildman–Crippen MR) is 85.7 cm³/mol. The van der Waals surface area contributed by atoms with Crippen molar-refractivity contribution in [1.82, 2.24) is 20.2 Å². The highest BCUT2D eigenvalue weighted by Gasteiger charge is 2.23. The summed E-state index contributed by atoms with van der Waals surface area (Å²) in [6.07, 6.45) is -0.517. The third-order valence-corrected chi connectivity index (χ3v) is 3.44. The smallest absolute Gasteiger partial charge is 0.265 e. The van der Waals surface area contributed by atoms with Crippen LogP contribution in [0.15, 0.2) is 18.2 Å². The van der Waals surface area contributed by atoms with Gasteiger partial charge in [-0.25, -0.2) is 0 Å². The standard InChI is InChI=1S/C15H18N6O3/c1-8(2)21-19-13(18-20-21)7-14(22)16-10-4-5-12-11(6-10)17-15(23)9(3)24-12/h4-6,8-9H,7H2,1-3H3,(H,16,22)(H,17,23). The zero-order chi connectivity index (χ0) is 17.3. The number of nitrogens with one attached hydrogen (secondary N) is 2. The second kappa shape index (κ2) is 6.26. The molecule has 2 N–H and O–H groups in total. The number of ether oxygens (including phenoxy) is 1. The molecule has 1 atom stereocenters. The van der Waals surface area contributed by atoms with Crippen molar-refractivity contribution in [2.45, 2.75) is 39.3 Å². The average molecular weight is 330 g/mol. The molecule has 2 aromatic rings. The lowest BCUT2D eigenvalue weighted by Gasteiger charge is -2.23. The number of carbonyl (C=O) groups is 2. The Bertz CT molecular complexity index is 785. The lowest BCUT2D eigenvalue weighted by atomic mass is 10.2. The molecule has 0 fully saturated rings. The van der Waals surface area contributed by atoms with Crippen LogP contribution in [0.25, 0.3) is 0 Å². The number of carbonyl (C=O) groups excluding carboxylic acids is 2. The Morgan fingerprint density at radius 2 is 2.25 bits per heavy atom. The van der Waals surface area contributed by atoms with Crippen LogP contribution < -0.4 is 15.4 Å². The number of amides is 2. The van der Waals surface area contributed by atoms with Gasteiger partial charge < -0.3 is 15.4 Å². The number of tetrazole rings is 1. The summed E-state index contributed by atoms with van der Waals surface area (Å²) in [5.41, 5.74) is 1.08. The molecule has 9 heteroatoms. The van der Waals surface area contributed by atoms with E-state index in [9.17, 15) is 9.59 Å². The lowest BCUT2D eigenvalue weighted by molar-refractivity contribution is -0.122. The van der Waals surface area contributed by atoms with Gasteiger partial charge >= 0.3 is 0 Å². The van der Waals surface area contributed by atoms with Crippen LogP contribution in [-0.2, 0) is 16.0 Å². The van der Waals surface area contributed by atoms with Gasteiger partial charge in [-0.15, -0.1) is 10.2 Å². The van der Waals surface area contributed by atoms with E-state index in [4.69, 9.17) is 4.74 Å². The van der Waals surface area contributed by atoms with Crippen molar-refractivity contribution in [2.75, 3.05) is 10.6 Å². The van der Waals surface area contributed by atoms with Crippen LogP contribution in [0.3, 0.4) is 0 Å². The Balaban J connectivity index is 1.66. The Hall–Kier alpha value is -2.97. The molecule has 2 amide bonds. The van der Waals surface area contributed by atoms with Crippen LogP contribution in [0.4, 0.5) is 11.4 Å². The fourth-order valence-corrected chi connectivity index (χ4v) is 2.18. The lowest BCUT2D eigenvalue weighted by Crippen LogP contribution is -2.34. The zero-order valence-corrected chi connectivity index (χ0v) is 13.6. The van der Waals surface area contributed by atoms with Gasteiger partial charge in [0.05, 0.1) is 18.2 Å². The molecule has 0 saturated heterocycles. The molecule has 0 saturated carbocycles. The molecule has 0 bridgehead atoms. The monoisotopic (exact) mass is 330 g/mol. The summed E-state index contributed by atoms with van der Waals surface area (Å²) in [5, 5.41) is 17.3. The number of benzene rings is 1. The van der Waals surface area contributed by atoms with Crippen molar-refractivity contribution in [3.8, 4) is 5.75 Å². The van der Waals surface area contributed by atoms with Gasteiger partial charge in [0.2, 0.25) is 5.91 Å². The van der Waals surface area contributed by atoms with E-state index in [0.29, 0.717) is 22.9 Å². The fourth-order valence-electron chi connectivity index (χ4n) is 2.18. The van der Waals surface area contributed by atoms with E-state index in [2.05, 4.69) is 26.0 Å². The van der Waals surface area contributed by atoms with Gasteiger partial charge in [-0.3, -0.25) is 9.59 Å². The van der Waals surface area contributed by atoms with Gasteiger partial charge in [0.25, 0.3) is 5.91 Å². The Morgan fingerprint density at radius 3 is 2.96 bits per heavy atom. The molecule has 1 aromatic heterocycles. The van der Waals surface area contributed by atoms with Gasteiger partial charge in [-0.1, -0.05) is 0 Å². The second-order valence-corrected chi connectivity index (χ2v) is 5.81. The first-order valence-electron chi connectivity index (χ1n) is 7.62. The molecule has 2 heterocycles. The Kier molecular flexibility index (Phi) is 4.15. The molecule has 0 aliphatic carbocycles. The summed E-state index contributed by atoms with van der Waals surface area (Å²) in [6, 6.07) is 5.14. The first-order valence-corrected chi connectivity index (χ1v) is 7.62. The molecule has 0 spiro atoms. The molecular formula is C15H18N6O3. The van der Waals surface area contributed by atoms with Gasteiger partial charge in [-0.05, 0) is 44.2 Å². The van der Waals surface area contributed by atoms with E-state index in [1.54, 1.807) is 25.1 Å². The third kappa shape index (κ3) is 3.34. The minimum absolute atomic E-state index is 0.0176. The average Bonchev–Trinajstić information content (AvgIpc) is 2.97. The summed E-state index contributed by atoms with van der Waals surface area (Å²) in [6.45, 7) is 5.52. The van der Waals surface area contributed by atoms with Crippen molar-refractivity contribution in [1.29, 1.82) is 0 Å². The molecule has 126 valence electrons. The molecular weight excluding hydrogens is 312 g/mol. The number of rotatable bonds is 4. The summed E-state index contributed by atoms with van der Waals surface area (Å²) >= 11 is 0. The number of hydrogen-bond donors (Lipinski definition) is 2. The highest BCUT2D eigenvalue weighted by atomic mass is 16.5. The van der Waals surface area contributed by atoms with Gasteiger partial charge in [0, 0.05) is 5.69 Å². The topological polar surface area (TPSA) is 111 Å². The number of nitrogens with zero attached hydrogens (tertiary/aromatic N) is 4. The van der Waals surface area contributed by atoms with Gasteiger partial charge in [0.15, 0.2) is 11.9 Å². The molecule has 0 radical (unpaired) electrons. The van der Waals surface area contributed by atoms with Gasteiger partial charge in [0.1, 0.15) is 5.75 Å². The van der Waals surface area contributed by atoms with E-state index >= 15 is 0 Å². The maximum absolute atomic E-state index is 12.1. The highest BCUT2D eigenvalue weighted by Crippen LogP contribution is 2.32. The van der Waals surface area contributed by atoms with E-state index in [1.807, 2.05) is 13.8 Å². The highest BCUT2D eigenvalue weighted by molar-refractivity contribution is 5.99. The number of aromatic nitrogens is 4.